The van der Waals surface area contributed by atoms with E-state index in [1.54, 1.807) is 0 Å². The van der Waals surface area contributed by atoms with E-state index < -0.39 is 0 Å². The van der Waals surface area contributed by atoms with E-state index in [9.17, 15) is 4.79 Å². The number of carbonyl (C=O) groups excluding carboxylic acids is 1. The van der Waals surface area contributed by atoms with Crippen molar-refractivity contribution in [1.82, 2.24) is 5.32 Å². The summed E-state index contributed by atoms with van der Waals surface area (Å²) in [7, 11) is 0. The molecule has 2 nitrogen and oxygen atoms in total. The van der Waals surface area contributed by atoms with Gasteiger partial charge in [0, 0.05) is 6.42 Å². The Kier molecular flexibility index (Phi) is 4.74. The van der Waals surface area contributed by atoms with Crippen LogP contribution in [-0.4, -0.2) is 5.91 Å². The van der Waals surface area contributed by atoms with Gasteiger partial charge in [0.25, 0.3) is 0 Å². The lowest BCUT2D eigenvalue weighted by atomic mass is 9.84. The molecule has 0 heterocycles. The predicted octanol–water partition coefficient (Wildman–Crippen LogP) is 5.40. The zero-order valence-corrected chi connectivity index (χ0v) is 14.3. The fourth-order valence-corrected chi connectivity index (χ4v) is 3.19. The van der Waals surface area contributed by atoms with Gasteiger partial charge >= 0.3 is 0 Å². The molecule has 0 radical (unpaired) electrons. The molecule has 0 aromatic heterocycles. The van der Waals surface area contributed by atoms with Crippen LogP contribution in [0.5, 0.6) is 0 Å². The molecule has 3 rings (SSSR count). The molecule has 1 amide bonds. The van der Waals surface area contributed by atoms with Crippen LogP contribution >= 0.6 is 23.2 Å². The standard InChI is InChI=1S/C19H17Cl2NO/c1-2-19(23)22-18-10-8-13(14-5-3-4-6-15(14)18)12-7-9-16(20)17(21)11-12/h3-9,11,18H,2,10H2,1H3,(H,22,23). The van der Waals surface area contributed by atoms with Gasteiger partial charge in [-0.15, -0.1) is 0 Å². The molecule has 0 fully saturated rings. The number of rotatable bonds is 3. The molecule has 0 saturated heterocycles. The monoisotopic (exact) mass is 345 g/mol. The Hall–Kier alpha value is -1.77. The predicted molar refractivity (Wildman–Crippen MR) is 95.8 cm³/mol. The minimum Gasteiger partial charge on any atom is -0.349 e. The maximum atomic E-state index is 11.8. The van der Waals surface area contributed by atoms with E-state index in [0.717, 1.165) is 28.7 Å². The summed E-state index contributed by atoms with van der Waals surface area (Å²) in [6.07, 6.45) is 3.41. The summed E-state index contributed by atoms with van der Waals surface area (Å²) in [5, 5.41) is 4.18. The first-order valence-corrected chi connectivity index (χ1v) is 8.40. The first-order chi connectivity index (χ1) is 11.1. The zero-order chi connectivity index (χ0) is 16.4. The number of halogens is 2. The molecule has 0 aliphatic heterocycles. The fourth-order valence-electron chi connectivity index (χ4n) is 2.89. The summed E-state index contributed by atoms with van der Waals surface area (Å²) >= 11 is 12.2. The van der Waals surface area contributed by atoms with Gasteiger partial charge in [0.05, 0.1) is 16.1 Å². The maximum absolute atomic E-state index is 11.8. The van der Waals surface area contributed by atoms with E-state index in [1.807, 2.05) is 37.3 Å². The van der Waals surface area contributed by atoms with E-state index in [-0.39, 0.29) is 11.9 Å². The minimum atomic E-state index is 0.0187. The van der Waals surface area contributed by atoms with Crippen LogP contribution < -0.4 is 5.32 Å². The molecule has 2 aromatic carbocycles. The van der Waals surface area contributed by atoms with Gasteiger partial charge in [-0.2, -0.15) is 0 Å². The van der Waals surface area contributed by atoms with Crippen molar-refractivity contribution >= 4 is 34.7 Å². The van der Waals surface area contributed by atoms with Crippen molar-refractivity contribution in [1.29, 1.82) is 0 Å². The topological polar surface area (TPSA) is 29.1 Å². The van der Waals surface area contributed by atoms with Crippen LogP contribution in [0.3, 0.4) is 0 Å². The number of hydrogen-bond donors (Lipinski definition) is 1. The molecule has 0 saturated carbocycles. The first kappa shape index (κ1) is 16.1. The number of amides is 1. The van der Waals surface area contributed by atoms with Gasteiger partial charge in [0.15, 0.2) is 0 Å². The molecule has 0 spiro atoms. The summed E-state index contributed by atoms with van der Waals surface area (Å²) in [6.45, 7) is 1.86. The normalized spacial score (nSPS) is 16.5. The average Bonchev–Trinajstić information content (AvgIpc) is 2.57. The van der Waals surface area contributed by atoms with Crippen LogP contribution in [-0.2, 0) is 4.79 Å². The highest BCUT2D eigenvalue weighted by atomic mass is 35.5. The van der Waals surface area contributed by atoms with E-state index in [0.29, 0.717) is 16.5 Å². The highest BCUT2D eigenvalue weighted by molar-refractivity contribution is 6.42. The van der Waals surface area contributed by atoms with Gasteiger partial charge in [-0.05, 0) is 40.8 Å². The lowest BCUT2D eigenvalue weighted by Gasteiger charge is -2.27. The Morgan fingerprint density at radius 3 is 2.70 bits per heavy atom. The van der Waals surface area contributed by atoms with Crippen molar-refractivity contribution in [2.24, 2.45) is 0 Å². The van der Waals surface area contributed by atoms with Gasteiger partial charge in [-0.25, -0.2) is 0 Å². The molecule has 23 heavy (non-hydrogen) atoms. The second-order valence-electron chi connectivity index (χ2n) is 5.54. The summed E-state index contributed by atoms with van der Waals surface area (Å²) in [5.41, 5.74) is 4.42. The van der Waals surface area contributed by atoms with Crippen molar-refractivity contribution in [3.05, 3.63) is 75.3 Å². The van der Waals surface area contributed by atoms with E-state index in [4.69, 9.17) is 23.2 Å². The minimum absolute atomic E-state index is 0.0187. The second-order valence-corrected chi connectivity index (χ2v) is 6.36. The second kappa shape index (κ2) is 6.77. The van der Waals surface area contributed by atoms with Crippen molar-refractivity contribution in [2.75, 3.05) is 0 Å². The molecule has 1 aliphatic carbocycles. The van der Waals surface area contributed by atoms with E-state index in [2.05, 4.69) is 23.5 Å². The number of carbonyl (C=O) groups is 1. The number of fused-ring (bicyclic) bond motifs is 1. The molecule has 1 N–H and O–H groups in total. The SMILES string of the molecule is CCC(=O)NC1CC=C(c2ccc(Cl)c(Cl)c2)c2ccccc21. The highest BCUT2D eigenvalue weighted by Crippen LogP contribution is 2.38. The Morgan fingerprint density at radius 2 is 1.96 bits per heavy atom. The van der Waals surface area contributed by atoms with Gasteiger partial charge in [-0.1, -0.05) is 66.5 Å². The van der Waals surface area contributed by atoms with Gasteiger partial charge in [0.2, 0.25) is 5.91 Å². The van der Waals surface area contributed by atoms with Crippen LogP contribution in [0.15, 0.2) is 48.5 Å². The smallest absolute Gasteiger partial charge is 0.220 e. The zero-order valence-electron chi connectivity index (χ0n) is 12.8. The molecule has 0 bridgehead atoms. The number of hydrogen-bond acceptors (Lipinski definition) is 1. The van der Waals surface area contributed by atoms with Gasteiger partial charge in [0.1, 0.15) is 0 Å². The molecule has 4 heteroatoms. The van der Waals surface area contributed by atoms with Crippen molar-refractivity contribution in [3.8, 4) is 0 Å². The van der Waals surface area contributed by atoms with Crippen LogP contribution in [0, 0.1) is 0 Å². The summed E-state index contributed by atoms with van der Waals surface area (Å²) in [4.78, 5) is 11.8. The third-order valence-electron chi connectivity index (χ3n) is 4.07. The molecule has 1 atom stereocenters. The van der Waals surface area contributed by atoms with Crippen LogP contribution in [0.4, 0.5) is 0 Å². The van der Waals surface area contributed by atoms with Crippen molar-refractivity contribution in [3.63, 3.8) is 0 Å². The maximum Gasteiger partial charge on any atom is 0.220 e. The Bertz CT molecular complexity index is 783. The molecular formula is C19H17Cl2NO. The largest absolute Gasteiger partial charge is 0.349 e. The lowest BCUT2D eigenvalue weighted by Crippen LogP contribution is -2.29. The fraction of sp³-hybridized carbons (Fsp3) is 0.211. The first-order valence-electron chi connectivity index (χ1n) is 7.64. The average molecular weight is 346 g/mol. The summed E-state index contributed by atoms with van der Waals surface area (Å²) in [5.74, 6) is 0.0659. The van der Waals surface area contributed by atoms with Crippen LogP contribution in [0.2, 0.25) is 10.0 Å². The Morgan fingerprint density at radius 1 is 1.17 bits per heavy atom. The molecule has 1 unspecified atom stereocenters. The third kappa shape index (κ3) is 3.29. The van der Waals surface area contributed by atoms with E-state index in [1.165, 1.54) is 0 Å². The molecular weight excluding hydrogens is 329 g/mol. The van der Waals surface area contributed by atoms with Crippen LogP contribution in [0.1, 0.15) is 42.5 Å². The Balaban J connectivity index is 2.01. The lowest BCUT2D eigenvalue weighted by molar-refractivity contribution is -0.121. The number of nitrogens with one attached hydrogen (secondary N) is 1. The quantitative estimate of drug-likeness (QED) is 0.792. The highest BCUT2D eigenvalue weighted by Gasteiger charge is 2.23. The molecule has 1 aliphatic rings. The molecule has 118 valence electrons. The third-order valence-corrected chi connectivity index (χ3v) is 4.81. The Labute approximate surface area is 146 Å². The van der Waals surface area contributed by atoms with Crippen LogP contribution in [0.25, 0.3) is 5.57 Å². The molecule has 2 aromatic rings. The van der Waals surface area contributed by atoms with Crippen molar-refractivity contribution < 1.29 is 4.79 Å². The van der Waals surface area contributed by atoms with Gasteiger partial charge < -0.3 is 5.32 Å². The van der Waals surface area contributed by atoms with Crippen molar-refractivity contribution in [2.45, 2.75) is 25.8 Å². The summed E-state index contributed by atoms with van der Waals surface area (Å²) in [6, 6.07) is 13.8. The summed E-state index contributed by atoms with van der Waals surface area (Å²) < 4.78 is 0. The van der Waals surface area contributed by atoms with E-state index >= 15 is 0 Å². The number of benzene rings is 2. The van der Waals surface area contributed by atoms with Gasteiger partial charge in [-0.3, -0.25) is 4.79 Å².